The Hall–Kier alpha value is -1.14. The molecule has 18 heavy (non-hydrogen) atoms. The molecule has 0 aromatic heterocycles. The fourth-order valence-corrected chi connectivity index (χ4v) is 2.97. The molecule has 5 nitrogen and oxygen atoms in total. The van der Waals surface area contributed by atoms with Gasteiger partial charge in [-0.1, -0.05) is 0 Å². The van der Waals surface area contributed by atoms with E-state index in [4.69, 9.17) is 0 Å². The van der Waals surface area contributed by atoms with Crippen LogP contribution in [0.5, 0.6) is 0 Å². The lowest BCUT2D eigenvalue weighted by Crippen LogP contribution is -2.36. The molecule has 1 unspecified atom stereocenters. The van der Waals surface area contributed by atoms with Crippen molar-refractivity contribution in [3.8, 4) is 0 Å². The van der Waals surface area contributed by atoms with Gasteiger partial charge < -0.3 is 10.2 Å². The number of non-ortho nitro benzene ring substituents is 1. The van der Waals surface area contributed by atoms with Crippen LogP contribution < -0.4 is 10.2 Å². The Kier molecular flexibility index (Phi) is 4.19. The first-order valence-corrected chi connectivity index (χ1v) is 6.84. The smallest absolute Gasteiger partial charge is 0.270 e. The molecule has 1 atom stereocenters. The molecule has 1 aliphatic rings. The molecule has 0 saturated carbocycles. The van der Waals surface area contributed by atoms with E-state index in [0.29, 0.717) is 6.04 Å². The Labute approximate surface area is 114 Å². The van der Waals surface area contributed by atoms with Crippen LogP contribution in [0.4, 0.5) is 11.4 Å². The van der Waals surface area contributed by atoms with Crippen LogP contribution in [0, 0.1) is 10.1 Å². The summed E-state index contributed by atoms with van der Waals surface area (Å²) in [7, 11) is 0. The SMILES string of the molecule is CCN(c1ccc([N+](=O)[O-])cc1Br)C1CCNC1. The molecule has 0 amide bonds. The van der Waals surface area contributed by atoms with Crippen molar-refractivity contribution < 1.29 is 4.92 Å². The number of rotatable bonds is 4. The third-order valence-corrected chi connectivity index (χ3v) is 3.90. The van der Waals surface area contributed by atoms with E-state index in [-0.39, 0.29) is 10.6 Å². The van der Waals surface area contributed by atoms with Crippen molar-refractivity contribution in [3.05, 3.63) is 32.8 Å². The van der Waals surface area contributed by atoms with Crippen molar-refractivity contribution >= 4 is 27.3 Å². The fourth-order valence-electron chi connectivity index (χ4n) is 2.37. The summed E-state index contributed by atoms with van der Waals surface area (Å²) >= 11 is 3.44. The number of nitrogens with zero attached hydrogens (tertiary/aromatic N) is 2. The van der Waals surface area contributed by atoms with Gasteiger partial charge in [0.1, 0.15) is 0 Å². The lowest BCUT2D eigenvalue weighted by atomic mass is 10.2. The second kappa shape index (κ2) is 5.67. The number of nitro groups is 1. The Morgan fingerprint density at radius 3 is 2.89 bits per heavy atom. The van der Waals surface area contributed by atoms with E-state index in [9.17, 15) is 10.1 Å². The number of anilines is 1. The predicted octanol–water partition coefficient (Wildman–Crippen LogP) is 2.55. The van der Waals surface area contributed by atoms with Gasteiger partial charge in [-0.2, -0.15) is 0 Å². The van der Waals surface area contributed by atoms with Gasteiger partial charge in [0, 0.05) is 35.7 Å². The summed E-state index contributed by atoms with van der Waals surface area (Å²) in [5, 5.41) is 14.1. The first-order valence-electron chi connectivity index (χ1n) is 6.04. The van der Waals surface area contributed by atoms with Gasteiger partial charge in [-0.05, 0) is 41.9 Å². The van der Waals surface area contributed by atoms with Gasteiger partial charge in [0.25, 0.3) is 5.69 Å². The molecule has 1 aromatic carbocycles. The summed E-state index contributed by atoms with van der Waals surface area (Å²) in [6.07, 6.45) is 1.11. The van der Waals surface area contributed by atoms with Gasteiger partial charge in [0.15, 0.2) is 0 Å². The maximum atomic E-state index is 10.7. The van der Waals surface area contributed by atoms with Crippen molar-refractivity contribution in [2.45, 2.75) is 19.4 Å². The van der Waals surface area contributed by atoms with Gasteiger partial charge in [0.2, 0.25) is 0 Å². The van der Waals surface area contributed by atoms with Crippen LogP contribution in [0.15, 0.2) is 22.7 Å². The topological polar surface area (TPSA) is 58.4 Å². The number of benzene rings is 1. The van der Waals surface area contributed by atoms with Crippen LogP contribution in [-0.2, 0) is 0 Å². The van der Waals surface area contributed by atoms with Crippen molar-refractivity contribution in [1.29, 1.82) is 0 Å². The van der Waals surface area contributed by atoms with Crippen LogP contribution in [0.2, 0.25) is 0 Å². The normalized spacial score (nSPS) is 18.9. The summed E-state index contributed by atoms with van der Waals surface area (Å²) in [6, 6.07) is 5.42. The predicted molar refractivity (Wildman–Crippen MR) is 75.1 cm³/mol. The zero-order chi connectivity index (χ0) is 13.1. The Balaban J connectivity index is 2.27. The average molecular weight is 314 g/mol. The number of hydrogen-bond donors (Lipinski definition) is 1. The van der Waals surface area contributed by atoms with Crippen LogP contribution in [0.3, 0.4) is 0 Å². The second-order valence-electron chi connectivity index (χ2n) is 4.33. The molecule has 1 fully saturated rings. The molecule has 0 aliphatic carbocycles. The zero-order valence-corrected chi connectivity index (χ0v) is 11.8. The van der Waals surface area contributed by atoms with E-state index in [0.717, 1.165) is 36.2 Å². The molecule has 1 aliphatic heterocycles. The highest BCUT2D eigenvalue weighted by atomic mass is 79.9. The van der Waals surface area contributed by atoms with E-state index in [1.54, 1.807) is 12.1 Å². The zero-order valence-electron chi connectivity index (χ0n) is 10.2. The highest BCUT2D eigenvalue weighted by Gasteiger charge is 2.23. The standard InChI is InChI=1S/C12H16BrN3O2/c1-2-15(10-5-6-14-8-10)12-4-3-9(16(17)18)7-11(12)13/h3-4,7,10,14H,2,5-6,8H2,1H3. The monoisotopic (exact) mass is 313 g/mol. The molecule has 2 rings (SSSR count). The molecule has 98 valence electrons. The lowest BCUT2D eigenvalue weighted by molar-refractivity contribution is -0.384. The number of nitrogens with one attached hydrogen (secondary N) is 1. The van der Waals surface area contributed by atoms with Gasteiger partial charge in [-0.3, -0.25) is 10.1 Å². The van der Waals surface area contributed by atoms with E-state index < -0.39 is 0 Å². The van der Waals surface area contributed by atoms with Crippen LogP contribution in [0.25, 0.3) is 0 Å². The third kappa shape index (κ3) is 2.64. The van der Waals surface area contributed by atoms with Crippen molar-refractivity contribution in [1.82, 2.24) is 5.32 Å². The Bertz CT molecular complexity index is 447. The molecule has 1 heterocycles. The van der Waals surface area contributed by atoms with Gasteiger partial charge in [0.05, 0.1) is 10.6 Å². The third-order valence-electron chi connectivity index (χ3n) is 3.27. The van der Waals surface area contributed by atoms with E-state index in [1.165, 1.54) is 0 Å². The molecule has 0 spiro atoms. The molecule has 1 saturated heterocycles. The summed E-state index contributed by atoms with van der Waals surface area (Å²) in [6.45, 7) is 5.00. The van der Waals surface area contributed by atoms with Crippen molar-refractivity contribution in [2.75, 3.05) is 24.5 Å². The highest BCUT2D eigenvalue weighted by molar-refractivity contribution is 9.10. The van der Waals surface area contributed by atoms with Gasteiger partial charge in [-0.25, -0.2) is 0 Å². The molecule has 1 aromatic rings. The molecule has 1 N–H and O–H groups in total. The van der Waals surface area contributed by atoms with Gasteiger partial charge in [-0.15, -0.1) is 0 Å². The number of nitro benzene ring substituents is 1. The molecule has 0 bridgehead atoms. The Morgan fingerprint density at radius 2 is 2.39 bits per heavy atom. The van der Waals surface area contributed by atoms with E-state index in [2.05, 4.69) is 33.1 Å². The second-order valence-corrected chi connectivity index (χ2v) is 5.18. The molecular formula is C12H16BrN3O2. The van der Waals surface area contributed by atoms with Crippen LogP contribution >= 0.6 is 15.9 Å². The summed E-state index contributed by atoms with van der Waals surface area (Å²) in [5.74, 6) is 0. The Morgan fingerprint density at radius 1 is 1.61 bits per heavy atom. The highest BCUT2D eigenvalue weighted by Crippen LogP contribution is 2.32. The largest absolute Gasteiger partial charge is 0.367 e. The first kappa shape index (κ1) is 13.3. The summed E-state index contributed by atoms with van der Waals surface area (Å²) < 4.78 is 0.783. The molecular weight excluding hydrogens is 298 g/mol. The maximum Gasteiger partial charge on any atom is 0.270 e. The van der Waals surface area contributed by atoms with E-state index >= 15 is 0 Å². The first-order chi connectivity index (χ1) is 8.63. The molecule has 6 heteroatoms. The minimum atomic E-state index is -0.373. The van der Waals surface area contributed by atoms with Crippen LogP contribution in [0.1, 0.15) is 13.3 Å². The number of likely N-dealkylation sites (N-methyl/N-ethyl adjacent to an activating group) is 1. The quantitative estimate of drug-likeness (QED) is 0.685. The van der Waals surface area contributed by atoms with Crippen molar-refractivity contribution in [3.63, 3.8) is 0 Å². The average Bonchev–Trinajstić information content (AvgIpc) is 2.85. The fraction of sp³-hybridized carbons (Fsp3) is 0.500. The van der Waals surface area contributed by atoms with Crippen LogP contribution in [-0.4, -0.2) is 30.6 Å². The van der Waals surface area contributed by atoms with Crippen molar-refractivity contribution in [2.24, 2.45) is 0 Å². The minimum Gasteiger partial charge on any atom is -0.367 e. The number of halogens is 1. The maximum absolute atomic E-state index is 10.7. The summed E-state index contributed by atoms with van der Waals surface area (Å²) in [5.41, 5.74) is 1.14. The van der Waals surface area contributed by atoms with E-state index in [1.807, 2.05) is 6.07 Å². The lowest BCUT2D eigenvalue weighted by Gasteiger charge is -2.30. The van der Waals surface area contributed by atoms with Gasteiger partial charge >= 0.3 is 0 Å². The number of hydrogen-bond acceptors (Lipinski definition) is 4. The summed E-state index contributed by atoms with van der Waals surface area (Å²) in [4.78, 5) is 12.6. The molecule has 0 radical (unpaired) electrons. The minimum absolute atomic E-state index is 0.117.